The predicted molar refractivity (Wildman–Crippen MR) is 58.6 cm³/mol. The normalized spacial score (nSPS) is 18.7. The molecule has 4 heteroatoms. The van der Waals surface area contributed by atoms with Crippen molar-refractivity contribution in [1.82, 2.24) is 10.3 Å². The van der Waals surface area contributed by atoms with Gasteiger partial charge in [0, 0.05) is 30.3 Å². The minimum atomic E-state index is -2.79. The van der Waals surface area contributed by atoms with Crippen LogP contribution in [-0.2, 0) is 5.92 Å². The highest BCUT2D eigenvalue weighted by atomic mass is 19.3. The second kappa shape index (κ2) is 4.45. The number of aromatic nitrogens is 1. The second-order valence-electron chi connectivity index (χ2n) is 4.38. The molecule has 0 aromatic carbocycles. The highest BCUT2D eigenvalue weighted by Gasteiger charge is 2.25. The van der Waals surface area contributed by atoms with Crippen molar-refractivity contribution in [2.75, 3.05) is 13.1 Å². The zero-order valence-corrected chi connectivity index (χ0v) is 9.34. The van der Waals surface area contributed by atoms with Gasteiger partial charge >= 0.3 is 0 Å². The van der Waals surface area contributed by atoms with Gasteiger partial charge in [0.25, 0.3) is 5.92 Å². The van der Waals surface area contributed by atoms with Gasteiger partial charge in [-0.3, -0.25) is 4.98 Å². The summed E-state index contributed by atoms with van der Waals surface area (Å²) in [6.45, 7) is 2.87. The molecule has 0 spiro atoms. The van der Waals surface area contributed by atoms with Crippen LogP contribution < -0.4 is 5.32 Å². The molecule has 1 aliphatic rings. The maximum Gasteiger partial charge on any atom is 0.272 e. The van der Waals surface area contributed by atoms with E-state index in [0.29, 0.717) is 5.92 Å². The predicted octanol–water partition coefficient (Wildman–Crippen LogP) is 2.66. The average Bonchev–Trinajstić information content (AvgIpc) is 2.29. The van der Waals surface area contributed by atoms with Crippen LogP contribution in [0.5, 0.6) is 0 Å². The van der Waals surface area contributed by atoms with Gasteiger partial charge in [-0.25, -0.2) is 8.78 Å². The lowest BCUT2D eigenvalue weighted by molar-refractivity contribution is 0.0171. The molecule has 2 nitrogen and oxygen atoms in total. The molecule has 0 amide bonds. The molecule has 0 radical (unpaired) electrons. The van der Waals surface area contributed by atoms with Crippen LogP contribution in [0.25, 0.3) is 0 Å². The first kappa shape index (κ1) is 11.5. The molecule has 2 rings (SSSR count). The molecular formula is C12H16F2N2. The van der Waals surface area contributed by atoms with Gasteiger partial charge in [-0.1, -0.05) is 0 Å². The van der Waals surface area contributed by atoms with Crippen molar-refractivity contribution >= 4 is 0 Å². The summed E-state index contributed by atoms with van der Waals surface area (Å²) in [6.07, 6.45) is 3.38. The Bertz CT molecular complexity index is 337. The lowest BCUT2D eigenvalue weighted by Gasteiger charge is -2.22. The van der Waals surface area contributed by atoms with Gasteiger partial charge in [0.2, 0.25) is 0 Å². The summed E-state index contributed by atoms with van der Waals surface area (Å²) in [5.41, 5.74) is 0.930. The standard InChI is InChI=1S/C12H16F2N2/c1-12(13,14)10-2-3-11(16-8-10)9-4-6-15-7-5-9/h2-3,8-9,15H,4-7H2,1H3. The third-order valence-electron chi connectivity index (χ3n) is 3.05. The van der Waals surface area contributed by atoms with Crippen LogP contribution in [0.3, 0.4) is 0 Å². The van der Waals surface area contributed by atoms with E-state index in [1.807, 2.05) is 0 Å². The number of piperidine rings is 1. The first-order chi connectivity index (χ1) is 7.57. The fourth-order valence-corrected chi connectivity index (χ4v) is 2.02. The van der Waals surface area contributed by atoms with E-state index in [1.165, 1.54) is 12.3 Å². The van der Waals surface area contributed by atoms with Gasteiger partial charge in [-0.05, 0) is 38.1 Å². The number of nitrogens with one attached hydrogen (secondary N) is 1. The minimum absolute atomic E-state index is 0.00909. The number of rotatable bonds is 2. The van der Waals surface area contributed by atoms with Crippen LogP contribution in [0.4, 0.5) is 8.78 Å². The Morgan fingerprint density at radius 3 is 2.50 bits per heavy atom. The Kier molecular flexibility index (Phi) is 3.19. The van der Waals surface area contributed by atoms with Crippen LogP contribution >= 0.6 is 0 Å². The highest BCUT2D eigenvalue weighted by molar-refractivity contribution is 5.20. The average molecular weight is 226 g/mol. The number of nitrogens with zero attached hydrogens (tertiary/aromatic N) is 1. The highest BCUT2D eigenvalue weighted by Crippen LogP contribution is 2.28. The molecule has 0 atom stereocenters. The maximum absolute atomic E-state index is 13.0. The summed E-state index contributed by atoms with van der Waals surface area (Å²) in [7, 11) is 0. The molecule has 1 fully saturated rings. The first-order valence-corrected chi connectivity index (χ1v) is 5.62. The SMILES string of the molecule is CC(F)(F)c1ccc(C2CCNCC2)nc1. The van der Waals surface area contributed by atoms with Gasteiger partial charge in [0.1, 0.15) is 0 Å². The maximum atomic E-state index is 13.0. The third-order valence-corrected chi connectivity index (χ3v) is 3.05. The van der Waals surface area contributed by atoms with Crippen molar-refractivity contribution < 1.29 is 8.78 Å². The molecule has 0 bridgehead atoms. The van der Waals surface area contributed by atoms with Crippen LogP contribution in [0.2, 0.25) is 0 Å². The molecule has 0 saturated carbocycles. The molecule has 0 aliphatic carbocycles. The summed E-state index contributed by atoms with van der Waals surface area (Å²) in [6, 6.07) is 3.23. The fourth-order valence-electron chi connectivity index (χ4n) is 2.02. The number of pyridine rings is 1. The van der Waals surface area contributed by atoms with Gasteiger partial charge in [0.15, 0.2) is 0 Å². The lowest BCUT2D eigenvalue weighted by atomic mass is 9.94. The zero-order valence-electron chi connectivity index (χ0n) is 9.34. The van der Waals surface area contributed by atoms with E-state index in [1.54, 1.807) is 6.07 Å². The van der Waals surface area contributed by atoms with E-state index in [4.69, 9.17) is 0 Å². The molecule has 0 unspecified atom stereocenters. The number of halogens is 2. The Labute approximate surface area is 94.1 Å². The molecule has 2 heterocycles. The summed E-state index contributed by atoms with van der Waals surface area (Å²) >= 11 is 0. The zero-order chi connectivity index (χ0) is 11.6. The van der Waals surface area contributed by atoms with Gasteiger partial charge in [-0.2, -0.15) is 0 Å². The van der Waals surface area contributed by atoms with Crippen molar-refractivity contribution in [2.24, 2.45) is 0 Å². The van der Waals surface area contributed by atoms with Crippen molar-refractivity contribution in [3.05, 3.63) is 29.6 Å². The van der Waals surface area contributed by atoms with Crippen LogP contribution in [0.15, 0.2) is 18.3 Å². The van der Waals surface area contributed by atoms with E-state index in [2.05, 4.69) is 10.3 Å². The largest absolute Gasteiger partial charge is 0.317 e. The molecule has 1 aliphatic heterocycles. The molecule has 1 aromatic heterocycles. The van der Waals surface area contributed by atoms with Crippen LogP contribution in [0, 0.1) is 0 Å². The van der Waals surface area contributed by atoms with Gasteiger partial charge in [0.05, 0.1) is 0 Å². The number of hydrogen-bond acceptors (Lipinski definition) is 2. The van der Waals surface area contributed by atoms with E-state index in [-0.39, 0.29) is 5.56 Å². The third kappa shape index (κ3) is 2.55. The Morgan fingerprint density at radius 2 is 2.00 bits per heavy atom. The van der Waals surface area contributed by atoms with Crippen LogP contribution in [0.1, 0.15) is 36.9 Å². The lowest BCUT2D eigenvalue weighted by Crippen LogP contribution is -2.27. The summed E-state index contributed by atoms with van der Waals surface area (Å²) in [5, 5.41) is 3.27. The summed E-state index contributed by atoms with van der Waals surface area (Å²) in [5.74, 6) is -2.37. The minimum Gasteiger partial charge on any atom is -0.317 e. The number of alkyl halides is 2. The van der Waals surface area contributed by atoms with E-state index in [9.17, 15) is 8.78 Å². The smallest absolute Gasteiger partial charge is 0.272 e. The first-order valence-electron chi connectivity index (χ1n) is 5.62. The molecule has 1 N–H and O–H groups in total. The fraction of sp³-hybridized carbons (Fsp3) is 0.583. The van der Waals surface area contributed by atoms with Crippen molar-refractivity contribution in [2.45, 2.75) is 31.6 Å². The molecular weight excluding hydrogens is 210 g/mol. The molecule has 16 heavy (non-hydrogen) atoms. The molecule has 1 aromatic rings. The Morgan fingerprint density at radius 1 is 1.31 bits per heavy atom. The van der Waals surface area contributed by atoms with E-state index in [0.717, 1.165) is 38.5 Å². The topological polar surface area (TPSA) is 24.9 Å². The van der Waals surface area contributed by atoms with Crippen molar-refractivity contribution in [3.8, 4) is 0 Å². The summed E-state index contributed by atoms with van der Waals surface area (Å²) in [4.78, 5) is 4.16. The van der Waals surface area contributed by atoms with Crippen molar-refractivity contribution in [3.63, 3.8) is 0 Å². The van der Waals surface area contributed by atoms with E-state index < -0.39 is 5.92 Å². The summed E-state index contributed by atoms with van der Waals surface area (Å²) < 4.78 is 26.0. The van der Waals surface area contributed by atoms with Gasteiger partial charge < -0.3 is 5.32 Å². The van der Waals surface area contributed by atoms with Crippen molar-refractivity contribution in [1.29, 1.82) is 0 Å². The van der Waals surface area contributed by atoms with Crippen LogP contribution in [-0.4, -0.2) is 18.1 Å². The van der Waals surface area contributed by atoms with E-state index >= 15 is 0 Å². The van der Waals surface area contributed by atoms with Gasteiger partial charge in [-0.15, -0.1) is 0 Å². The quantitative estimate of drug-likeness (QED) is 0.838. The monoisotopic (exact) mass is 226 g/mol. The molecule has 88 valence electrons. The number of hydrogen-bond donors (Lipinski definition) is 1. The molecule has 1 saturated heterocycles. The Hall–Kier alpha value is -1.03. The Balaban J connectivity index is 2.12. The second-order valence-corrected chi connectivity index (χ2v) is 4.38.